The van der Waals surface area contributed by atoms with Gasteiger partial charge >= 0.3 is 0 Å². The van der Waals surface area contributed by atoms with Gasteiger partial charge < -0.3 is 10.2 Å². The summed E-state index contributed by atoms with van der Waals surface area (Å²) in [5.74, 6) is 0.342. The van der Waals surface area contributed by atoms with Crippen LogP contribution >= 0.6 is 11.3 Å². The van der Waals surface area contributed by atoms with Crippen LogP contribution in [0, 0.1) is 5.92 Å². The molecule has 1 unspecified atom stereocenters. The number of carbonyl (C=O) groups is 2. The topological polar surface area (TPSA) is 49.4 Å². The highest BCUT2D eigenvalue weighted by Gasteiger charge is 2.31. The maximum absolute atomic E-state index is 13.0. The average Bonchev–Trinajstić information content (AvgIpc) is 3.38. The van der Waals surface area contributed by atoms with Gasteiger partial charge in [-0.2, -0.15) is 0 Å². The third kappa shape index (κ3) is 3.21. The van der Waals surface area contributed by atoms with Crippen molar-refractivity contribution in [2.45, 2.75) is 38.6 Å². The summed E-state index contributed by atoms with van der Waals surface area (Å²) < 4.78 is 0. The van der Waals surface area contributed by atoms with Crippen LogP contribution in [0.5, 0.6) is 0 Å². The van der Waals surface area contributed by atoms with Crippen LogP contribution in [-0.4, -0.2) is 23.3 Å². The zero-order valence-corrected chi connectivity index (χ0v) is 15.1. The Balaban J connectivity index is 1.49. The summed E-state index contributed by atoms with van der Waals surface area (Å²) in [6.07, 6.45) is 3.83. The summed E-state index contributed by atoms with van der Waals surface area (Å²) in [6, 6.07) is 9.62. The number of nitrogens with one attached hydrogen (secondary N) is 1. The Labute approximate surface area is 151 Å². The second kappa shape index (κ2) is 6.64. The Hall–Kier alpha value is -2.14. The van der Waals surface area contributed by atoms with Crippen LogP contribution in [0.15, 0.2) is 35.7 Å². The number of thiophene rings is 1. The minimum absolute atomic E-state index is 0.0729. The van der Waals surface area contributed by atoms with Crippen LogP contribution in [-0.2, 0) is 11.2 Å². The average molecular weight is 354 g/mol. The third-order valence-electron chi connectivity index (χ3n) is 5.09. The molecule has 1 aromatic heterocycles. The number of hydrogen-bond acceptors (Lipinski definition) is 3. The first kappa shape index (κ1) is 16.3. The molecule has 0 radical (unpaired) electrons. The molecule has 25 heavy (non-hydrogen) atoms. The molecule has 2 amide bonds. The molecule has 2 aliphatic rings. The first-order chi connectivity index (χ1) is 12.2. The van der Waals surface area contributed by atoms with Crippen molar-refractivity contribution in [1.82, 2.24) is 4.90 Å². The Morgan fingerprint density at radius 3 is 2.64 bits per heavy atom. The van der Waals surface area contributed by atoms with Gasteiger partial charge in [-0.15, -0.1) is 11.3 Å². The lowest BCUT2D eigenvalue weighted by molar-refractivity contribution is -0.117. The van der Waals surface area contributed by atoms with Crippen molar-refractivity contribution in [3.63, 3.8) is 0 Å². The minimum atomic E-state index is 0.0729. The normalized spacial score (nSPS) is 19.4. The van der Waals surface area contributed by atoms with Crippen LogP contribution in [0.25, 0.3) is 0 Å². The molecule has 1 atom stereocenters. The molecule has 0 bridgehead atoms. The summed E-state index contributed by atoms with van der Waals surface area (Å²) in [6.45, 7) is 2.90. The van der Waals surface area contributed by atoms with Crippen molar-refractivity contribution in [3.05, 3.63) is 51.7 Å². The van der Waals surface area contributed by atoms with Crippen molar-refractivity contribution in [2.24, 2.45) is 5.92 Å². The van der Waals surface area contributed by atoms with E-state index in [0.717, 1.165) is 37.9 Å². The fraction of sp³-hybridized carbons (Fsp3) is 0.400. The summed E-state index contributed by atoms with van der Waals surface area (Å²) in [5.41, 5.74) is 2.75. The Bertz CT molecular complexity index is 792. The third-order valence-corrected chi connectivity index (χ3v) is 6.09. The molecule has 4 nitrogen and oxygen atoms in total. The van der Waals surface area contributed by atoms with E-state index in [1.165, 1.54) is 10.4 Å². The summed E-state index contributed by atoms with van der Waals surface area (Å²) in [5, 5.41) is 5.04. The zero-order valence-electron chi connectivity index (χ0n) is 14.3. The molecule has 2 heterocycles. The van der Waals surface area contributed by atoms with Gasteiger partial charge in [0.2, 0.25) is 5.91 Å². The molecule has 1 aliphatic carbocycles. The predicted octanol–water partition coefficient (Wildman–Crippen LogP) is 4.25. The first-order valence-electron chi connectivity index (χ1n) is 8.95. The Morgan fingerprint density at radius 1 is 1.20 bits per heavy atom. The minimum Gasteiger partial charge on any atom is -0.331 e. The molecule has 1 saturated carbocycles. The van der Waals surface area contributed by atoms with E-state index < -0.39 is 0 Å². The van der Waals surface area contributed by atoms with Gasteiger partial charge in [0.15, 0.2) is 0 Å². The SMILES string of the molecule is CCC1c2ccsc2CCN1C(=O)c1ccc(NC(=O)C2CC2)cc1. The predicted molar refractivity (Wildman–Crippen MR) is 99.9 cm³/mol. The van der Waals surface area contributed by atoms with Crippen molar-refractivity contribution >= 4 is 28.8 Å². The van der Waals surface area contributed by atoms with Crippen LogP contribution in [0.1, 0.15) is 53.0 Å². The van der Waals surface area contributed by atoms with Gasteiger partial charge in [0, 0.05) is 28.6 Å². The zero-order chi connectivity index (χ0) is 17.4. The van der Waals surface area contributed by atoms with E-state index in [1.807, 2.05) is 29.2 Å². The van der Waals surface area contributed by atoms with Crippen molar-refractivity contribution < 1.29 is 9.59 Å². The molecular weight excluding hydrogens is 332 g/mol. The van der Waals surface area contributed by atoms with Gasteiger partial charge in [0.1, 0.15) is 0 Å². The molecule has 130 valence electrons. The van der Waals surface area contributed by atoms with E-state index in [0.29, 0.717) is 5.56 Å². The molecule has 5 heteroatoms. The van der Waals surface area contributed by atoms with Gasteiger partial charge in [0.25, 0.3) is 5.91 Å². The lowest BCUT2D eigenvalue weighted by Crippen LogP contribution is -2.39. The lowest BCUT2D eigenvalue weighted by Gasteiger charge is -2.35. The lowest BCUT2D eigenvalue weighted by atomic mass is 9.97. The van der Waals surface area contributed by atoms with E-state index in [-0.39, 0.29) is 23.8 Å². The molecule has 0 spiro atoms. The summed E-state index contributed by atoms with van der Waals surface area (Å²) in [4.78, 5) is 28.2. The highest BCUT2D eigenvalue weighted by Crippen LogP contribution is 2.36. The van der Waals surface area contributed by atoms with E-state index in [1.54, 1.807) is 11.3 Å². The van der Waals surface area contributed by atoms with Crippen LogP contribution in [0.4, 0.5) is 5.69 Å². The maximum Gasteiger partial charge on any atom is 0.254 e. The second-order valence-electron chi connectivity index (χ2n) is 6.81. The van der Waals surface area contributed by atoms with Gasteiger partial charge in [-0.05, 0) is 67.0 Å². The van der Waals surface area contributed by atoms with Crippen LogP contribution < -0.4 is 5.32 Å². The first-order valence-corrected chi connectivity index (χ1v) is 9.83. The number of carbonyl (C=O) groups excluding carboxylic acids is 2. The number of anilines is 1. The Morgan fingerprint density at radius 2 is 1.96 bits per heavy atom. The van der Waals surface area contributed by atoms with E-state index >= 15 is 0 Å². The summed E-state index contributed by atoms with van der Waals surface area (Å²) >= 11 is 1.79. The fourth-order valence-electron chi connectivity index (χ4n) is 3.53. The van der Waals surface area contributed by atoms with Gasteiger partial charge in [0.05, 0.1) is 6.04 Å². The molecule has 0 saturated heterocycles. The van der Waals surface area contributed by atoms with Gasteiger partial charge in [-0.1, -0.05) is 6.92 Å². The number of rotatable bonds is 4. The monoisotopic (exact) mass is 354 g/mol. The number of nitrogens with zero attached hydrogens (tertiary/aromatic N) is 1. The molecule has 1 aliphatic heterocycles. The molecule has 1 fully saturated rings. The second-order valence-corrected chi connectivity index (χ2v) is 7.81. The Kier molecular flexibility index (Phi) is 4.34. The van der Waals surface area contributed by atoms with E-state index in [2.05, 4.69) is 23.7 Å². The van der Waals surface area contributed by atoms with E-state index in [4.69, 9.17) is 0 Å². The summed E-state index contributed by atoms with van der Waals surface area (Å²) in [7, 11) is 0. The standard InChI is InChI=1S/C20H22N2O2S/c1-2-17-16-10-12-25-18(16)9-11-22(17)20(24)14-5-7-15(8-6-14)21-19(23)13-3-4-13/h5-8,10,12-13,17H,2-4,9,11H2,1H3,(H,21,23). The quantitative estimate of drug-likeness (QED) is 0.892. The maximum atomic E-state index is 13.0. The molecule has 1 aromatic carbocycles. The van der Waals surface area contributed by atoms with Crippen molar-refractivity contribution in [1.29, 1.82) is 0 Å². The number of fused-ring (bicyclic) bond motifs is 1. The number of benzene rings is 1. The van der Waals surface area contributed by atoms with Gasteiger partial charge in [-0.3, -0.25) is 9.59 Å². The van der Waals surface area contributed by atoms with E-state index in [9.17, 15) is 9.59 Å². The number of amides is 2. The smallest absolute Gasteiger partial charge is 0.254 e. The largest absolute Gasteiger partial charge is 0.331 e. The molecule has 1 N–H and O–H groups in total. The van der Waals surface area contributed by atoms with Crippen LogP contribution in [0.2, 0.25) is 0 Å². The van der Waals surface area contributed by atoms with Crippen LogP contribution in [0.3, 0.4) is 0 Å². The molecular formula is C20H22N2O2S. The van der Waals surface area contributed by atoms with Gasteiger partial charge in [-0.25, -0.2) is 0 Å². The molecule has 2 aromatic rings. The highest BCUT2D eigenvalue weighted by atomic mass is 32.1. The number of hydrogen-bond donors (Lipinski definition) is 1. The van der Waals surface area contributed by atoms with Crippen molar-refractivity contribution in [2.75, 3.05) is 11.9 Å². The molecule has 4 rings (SSSR count). The highest BCUT2D eigenvalue weighted by molar-refractivity contribution is 7.10. The fourth-order valence-corrected chi connectivity index (χ4v) is 4.46. The van der Waals surface area contributed by atoms with Crippen molar-refractivity contribution in [3.8, 4) is 0 Å².